The lowest BCUT2D eigenvalue weighted by atomic mass is 9.91. The average molecular weight is 269 g/mol. The lowest BCUT2D eigenvalue weighted by molar-refractivity contribution is -0.147. The maximum absolute atomic E-state index is 12.2. The van der Waals surface area contributed by atoms with Crippen molar-refractivity contribution >= 4 is 11.9 Å². The molecule has 0 aromatic carbocycles. The van der Waals surface area contributed by atoms with Crippen molar-refractivity contribution in [1.29, 1.82) is 0 Å². The van der Waals surface area contributed by atoms with Gasteiger partial charge in [-0.25, -0.2) is 0 Å². The molecule has 1 amide bonds. The van der Waals surface area contributed by atoms with Crippen LogP contribution in [0.25, 0.3) is 0 Å². The van der Waals surface area contributed by atoms with Crippen LogP contribution in [0.5, 0.6) is 0 Å². The van der Waals surface area contributed by atoms with Crippen molar-refractivity contribution in [3.8, 4) is 0 Å². The standard InChI is InChI=1S/C14H23NO4/c1-10-9-11(14(17)18)6-7-15(10)13(16)5-4-12-3-2-8-19-12/h10-12H,2-9H2,1H3,(H,17,18). The average Bonchev–Trinajstić information content (AvgIpc) is 2.88. The normalized spacial score (nSPS) is 31.4. The fraction of sp³-hybridized carbons (Fsp3) is 0.857. The van der Waals surface area contributed by atoms with Gasteiger partial charge in [0.05, 0.1) is 12.0 Å². The lowest BCUT2D eigenvalue weighted by Crippen LogP contribution is -2.46. The molecule has 0 bridgehead atoms. The van der Waals surface area contributed by atoms with Crippen LogP contribution < -0.4 is 0 Å². The SMILES string of the molecule is CC1CC(C(=O)O)CCN1C(=O)CCC1CCCO1. The van der Waals surface area contributed by atoms with Crippen molar-refractivity contribution in [3.63, 3.8) is 0 Å². The smallest absolute Gasteiger partial charge is 0.306 e. The molecule has 1 N–H and O–H groups in total. The summed E-state index contributed by atoms with van der Waals surface area (Å²) in [5, 5.41) is 9.01. The van der Waals surface area contributed by atoms with Crippen LogP contribution in [0.2, 0.25) is 0 Å². The molecule has 3 atom stereocenters. The fourth-order valence-electron chi connectivity index (χ4n) is 3.07. The molecule has 5 nitrogen and oxygen atoms in total. The molecule has 2 rings (SSSR count). The molecule has 5 heteroatoms. The highest BCUT2D eigenvalue weighted by atomic mass is 16.5. The monoisotopic (exact) mass is 269 g/mol. The number of carboxylic acid groups (broad SMARTS) is 1. The molecule has 108 valence electrons. The number of rotatable bonds is 4. The third kappa shape index (κ3) is 3.69. The zero-order valence-corrected chi connectivity index (χ0v) is 11.5. The van der Waals surface area contributed by atoms with Gasteiger partial charge in [0.2, 0.25) is 5.91 Å². The van der Waals surface area contributed by atoms with E-state index in [0.29, 0.717) is 25.8 Å². The Morgan fingerprint density at radius 3 is 2.74 bits per heavy atom. The van der Waals surface area contributed by atoms with Crippen LogP contribution >= 0.6 is 0 Å². The highest BCUT2D eigenvalue weighted by Crippen LogP contribution is 2.25. The van der Waals surface area contributed by atoms with E-state index in [-0.39, 0.29) is 24.0 Å². The Bertz CT molecular complexity index is 338. The minimum absolute atomic E-state index is 0.0341. The summed E-state index contributed by atoms with van der Waals surface area (Å²) >= 11 is 0. The summed E-state index contributed by atoms with van der Waals surface area (Å²) in [6.07, 6.45) is 4.86. The van der Waals surface area contributed by atoms with Gasteiger partial charge in [-0.05, 0) is 39.0 Å². The van der Waals surface area contributed by atoms with Crippen LogP contribution in [-0.4, -0.2) is 47.2 Å². The van der Waals surface area contributed by atoms with Crippen molar-refractivity contribution in [2.24, 2.45) is 5.92 Å². The van der Waals surface area contributed by atoms with Crippen LogP contribution in [0.3, 0.4) is 0 Å². The second kappa shape index (κ2) is 6.37. The van der Waals surface area contributed by atoms with Crippen molar-refractivity contribution in [2.45, 2.75) is 57.6 Å². The Kier molecular flexibility index (Phi) is 4.80. The molecule has 0 aromatic heterocycles. The van der Waals surface area contributed by atoms with Crippen molar-refractivity contribution in [2.75, 3.05) is 13.2 Å². The number of ether oxygens (including phenoxy) is 1. The van der Waals surface area contributed by atoms with E-state index in [1.807, 2.05) is 11.8 Å². The van der Waals surface area contributed by atoms with Crippen LogP contribution in [0, 0.1) is 5.92 Å². The summed E-state index contributed by atoms with van der Waals surface area (Å²) in [5.74, 6) is -0.887. The van der Waals surface area contributed by atoms with Gasteiger partial charge in [-0.1, -0.05) is 0 Å². The number of likely N-dealkylation sites (tertiary alicyclic amines) is 1. The Labute approximate surface area is 113 Å². The molecular weight excluding hydrogens is 246 g/mol. The molecule has 3 unspecified atom stereocenters. The first-order valence-electron chi connectivity index (χ1n) is 7.22. The highest BCUT2D eigenvalue weighted by Gasteiger charge is 2.32. The molecule has 0 aromatic rings. The third-order valence-corrected chi connectivity index (χ3v) is 4.25. The Balaban J connectivity index is 1.77. The van der Waals surface area contributed by atoms with Gasteiger partial charge in [-0.2, -0.15) is 0 Å². The van der Waals surface area contributed by atoms with Gasteiger partial charge in [-0.15, -0.1) is 0 Å². The van der Waals surface area contributed by atoms with E-state index in [1.165, 1.54) is 0 Å². The number of hydrogen-bond donors (Lipinski definition) is 1. The van der Waals surface area contributed by atoms with Crippen LogP contribution in [0.4, 0.5) is 0 Å². The van der Waals surface area contributed by atoms with Crippen LogP contribution in [-0.2, 0) is 14.3 Å². The summed E-state index contributed by atoms with van der Waals surface area (Å²) in [6, 6.07) is 0.0341. The van der Waals surface area contributed by atoms with E-state index in [1.54, 1.807) is 0 Å². The molecule has 0 radical (unpaired) electrons. The first-order chi connectivity index (χ1) is 9.08. The van der Waals surface area contributed by atoms with E-state index >= 15 is 0 Å². The first-order valence-corrected chi connectivity index (χ1v) is 7.22. The van der Waals surface area contributed by atoms with Crippen LogP contribution in [0.15, 0.2) is 0 Å². The van der Waals surface area contributed by atoms with Gasteiger partial charge in [0, 0.05) is 25.6 Å². The predicted octanol–water partition coefficient (Wildman–Crippen LogP) is 1.66. The topological polar surface area (TPSA) is 66.8 Å². The zero-order valence-electron chi connectivity index (χ0n) is 11.5. The Morgan fingerprint density at radius 2 is 2.16 bits per heavy atom. The maximum Gasteiger partial charge on any atom is 0.306 e. The number of nitrogens with zero attached hydrogens (tertiary/aromatic N) is 1. The molecule has 2 fully saturated rings. The molecule has 19 heavy (non-hydrogen) atoms. The highest BCUT2D eigenvalue weighted by molar-refractivity contribution is 5.77. The van der Waals surface area contributed by atoms with Crippen molar-refractivity contribution < 1.29 is 19.4 Å². The van der Waals surface area contributed by atoms with Crippen molar-refractivity contribution in [1.82, 2.24) is 4.90 Å². The van der Waals surface area contributed by atoms with Gasteiger partial charge >= 0.3 is 5.97 Å². The second-order valence-electron chi connectivity index (χ2n) is 5.67. The molecule has 2 heterocycles. The minimum atomic E-state index is -0.738. The number of carboxylic acids is 1. The maximum atomic E-state index is 12.2. The summed E-state index contributed by atoms with van der Waals surface area (Å²) in [6.45, 7) is 3.33. The number of amides is 1. The quantitative estimate of drug-likeness (QED) is 0.843. The van der Waals surface area contributed by atoms with E-state index in [9.17, 15) is 9.59 Å². The summed E-state index contributed by atoms with van der Waals surface area (Å²) in [5.41, 5.74) is 0. The Morgan fingerprint density at radius 1 is 1.37 bits per heavy atom. The van der Waals surface area contributed by atoms with Gasteiger partial charge in [0.25, 0.3) is 0 Å². The largest absolute Gasteiger partial charge is 0.481 e. The first kappa shape index (κ1) is 14.3. The van der Waals surface area contributed by atoms with Gasteiger partial charge < -0.3 is 14.7 Å². The lowest BCUT2D eigenvalue weighted by Gasteiger charge is -2.36. The Hall–Kier alpha value is -1.10. The van der Waals surface area contributed by atoms with E-state index in [4.69, 9.17) is 9.84 Å². The van der Waals surface area contributed by atoms with Gasteiger partial charge in [-0.3, -0.25) is 9.59 Å². The van der Waals surface area contributed by atoms with Gasteiger partial charge in [0.1, 0.15) is 0 Å². The molecular formula is C14H23NO4. The fourth-order valence-corrected chi connectivity index (χ4v) is 3.07. The van der Waals surface area contributed by atoms with E-state index in [2.05, 4.69) is 0 Å². The minimum Gasteiger partial charge on any atom is -0.481 e. The van der Waals surface area contributed by atoms with E-state index < -0.39 is 5.97 Å². The van der Waals surface area contributed by atoms with Crippen molar-refractivity contribution in [3.05, 3.63) is 0 Å². The van der Waals surface area contributed by atoms with Crippen LogP contribution in [0.1, 0.15) is 45.4 Å². The molecule has 2 aliphatic heterocycles. The second-order valence-corrected chi connectivity index (χ2v) is 5.67. The number of hydrogen-bond acceptors (Lipinski definition) is 3. The van der Waals surface area contributed by atoms with Gasteiger partial charge in [0.15, 0.2) is 0 Å². The number of piperidine rings is 1. The molecule has 0 spiro atoms. The third-order valence-electron chi connectivity index (χ3n) is 4.25. The predicted molar refractivity (Wildman–Crippen MR) is 69.7 cm³/mol. The zero-order chi connectivity index (χ0) is 13.8. The number of carbonyl (C=O) groups is 2. The number of carbonyl (C=O) groups excluding carboxylic acids is 1. The van der Waals surface area contributed by atoms with E-state index in [0.717, 1.165) is 25.9 Å². The summed E-state index contributed by atoms with van der Waals surface area (Å²) < 4.78 is 5.52. The summed E-state index contributed by atoms with van der Waals surface area (Å²) in [4.78, 5) is 25.0. The molecule has 0 aliphatic carbocycles. The molecule has 2 aliphatic rings. The summed E-state index contributed by atoms with van der Waals surface area (Å²) in [7, 11) is 0. The number of aliphatic carboxylic acids is 1. The molecule has 2 saturated heterocycles. The molecule has 0 saturated carbocycles.